The van der Waals surface area contributed by atoms with Crippen LogP contribution in [0.3, 0.4) is 0 Å². The highest BCUT2D eigenvalue weighted by Crippen LogP contribution is 2.33. The molecule has 8 nitrogen and oxygen atoms in total. The van der Waals surface area contributed by atoms with E-state index in [0.717, 1.165) is 21.8 Å². The van der Waals surface area contributed by atoms with Gasteiger partial charge in [0, 0.05) is 23.4 Å². The van der Waals surface area contributed by atoms with Gasteiger partial charge in [0.15, 0.2) is 10.9 Å². The third kappa shape index (κ3) is 4.17. The van der Waals surface area contributed by atoms with Crippen molar-refractivity contribution in [3.63, 3.8) is 0 Å². The summed E-state index contributed by atoms with van der Waals surface area (Å²) >= 11 is 1.22. The zero-order valence-corrected chi connectivity index (χ0v) is 19.7. The van der Waals surface area contributed by atoms with E-state index in [2.05, 4.69) is 10.3 Å². The van der Waals surface area contributed by atoms with Crippen molar-refractivity contribution in [2.45, 2.75) is 23.8 Å². The molecule has 0 radical (unpaired) electrons. The summed E-state index contributed by atoms with van der Waals surface area (Å²) in [5, 5.41) is 5.71. The van der Waals surface area contributed by atoms with E-state index in [-0.39, 0.29) is 11.4 Å². The van der Waals surface area contributed by atoms with Gasteiger partial charge >= 0.3 is 0 Å². The molecule has 0 saturated carbocycles. The number of hydrogen-bond acceptors (Lipinski definition) is 7. The number of hydrogen-bond donors (Lipinski definition) is 1. The third-order valence-corrected chi connectivity index (χ3v) is 8.32. The highest BCUT2D eigenvalue weighted by molar-refractivity contribution is 7.89. The number of anilines is 1. The molecule has 5 rings (SSSR count). The Morgan fingerprint density at radius 1 is 1.24 bits per heavy atom. The van der Waals surface area contributed by atoms with Crippen molar-refractivity contribution in [3.05, 3.63) is 59.7 Å². The second-order valence-electron chi connectivity index (χ2n) is 7.77. The highest BCUT2D eigenvalue weighted by Gasteiger charge is 2.39. The Hall–Kier alpha value is -3.28. The molecule has 2 aromatic heterocycles. The van der Waals surface area contributed by atoms with Gasteiger partial charge in [-0.25, -0.2) is 17.8 Å². The van der Waals surface area contributed by atoms with Crippen LogP contribution >= 0.6 is 11.3 Å². The first-order chi connectivity index (χ1) is 16.3. The van der Waals surface area contributed by atoms with Gasteiger partial charge in [-0.05, 0) is 55.3 Å². The van der Waals surface area contributed by atoms with Crippen LogP contribution in [-0.4, -0.2) is 43.3 Å². The lowest BCUT2D eigenvalue weighted by molar-refractivity contribution is -0.119. The van der Waals surface area contributed by atoms with E-state index in [0.29, 0.717) is 40.8 Å². The number of nitrogens with one attached hydrogen (secondary N) is 1. The van der Waals surface area contributed by atoms with Crippen molar-refractivity contribution in [3.8, 4) is 17.2 Å². The molecule has 4 aromatic rings. The largest absolute Gasteiger partial charge is 0.497 e. The van der Waals surface area contributed by atoms with E-state index in [9.17, 15) is 17.6 Å². The molecule has 1 N–H and O–H groups in total. The van der Waals surface area contributed by atoms with Crippen LogP contribution in [0.5, 0.6) is 5.75 Å². The minimum absolute atomic E-state index is 0.0494. The number of methoxy groups -OCH3 is 1. The molecule has 1 saturated heterocycles. The topological polar surface area (TPSA) is 102 Å². The van der Waals surface area contributed by atoms with Gasteiger partial charge in [0.05, 0.1) is 12.0 Å². The van der Waals surface area contributed by atoms with Gasteiger partial charge in [-0.2, -0.15) is 4.31 Å². The first-order valence-electron chi connectivity index (χ1n) is 10.5. The zero-order chi connectivity index (χ0) is 23.9. The standard InChI is InChI=1S/C23H20FN3O5S2/c1-31-16-7-4-14-11-21(32-20(14)12-16)18-13-33-23(25-18)26-22(28)19-3-2-10-27(19)34(29,30)17-8-5-15(24)6-9-17/h4-9,11-13,19H,2-3,10H2,1H3,(H,25,26,28). The molecule has 0 spiro atoms. The monoisotopic (exact) mass is 501 g/mol. The number of carbonyl (C=O) groups excluding carboxylic acids is 1. The van der Waals surface area contributed by atoms with Crippen molar-refractivity contribution in [2.24, 2.45) is 0 Å². The van der Waals surface area contributed by atoms with Crippen LogP contribution in [0.4, 0.5) is 9.52 Å². The van der Waals surface area contributed by atoms with Crippen LogP contribution in [0.2, 0.25) is 0 Å². The summed E-state index contributed by atoms with van der Waals surface area (Å²) in [5.74, 6) is 0.231. The van der Waals surface area contributed by atoms with Crippen LogP contribution in [0.15, 0.2) is 63.2 Å². The fourth-order valence-electron chi connectivity index (χ4n) is 3.93. The number of aromatic nitrogens is 1. The second kappa shape index (κ2) is 8.82. The van der Waals surface area contributed by atoms with Crippen LogP contribution in [0.25, 0.3) is 22.4 Å². The molecule has 1 unspecified atom stereocenters. The first kappa shape index (κ1) is 22.5. The fraction of sp³-hybridized carbons (Fsp3) is 0.217. The number of amides is 1. The minimum atomic E-state index is -3.94. The molecule has 2 aromatic carbocycles. The molecule has 1 atom stereocenters. The Morgan fingerprint density at radius 3 is 2.79 bits per heavy atom. The average molecular weight is 502 g/mol. The Labute approximate surface area is 199 Å². The van der Waals surface area contributed by atoms with E-state index < -0.39 is 27.8 Å². The summed E-state index contributed by atoms with van der Waals surface area (Å²) in [6.45, 7) is 0.212. The van der Waals surface area contributed by atoms with Gasteiger partial charge in [0.25, 0.3) is 0 Å². The number of ether oxygens (including phenoxy) is 1. The van der Waals surface area contributed by atoms with Crippen molar-refractivity contribution in [1.29, 1.82) is 0 Å². The highest BCUT2D eigenvalue weighted by atomic mass is 32.2. The quantitative estimate of drug-likeness (QED) is 0.418. The lowest BCUT2D eigenvalue weighted by Gasteiger charge is -2.23. The average Bonchev–Trinajstić information content (AvgIpc) is 3.57. The van der Waals surface area contributed by atoms with Gasteiger partial charge in [0.1, 0.15) is 28.9 Å². The maximum absolute atomic E-state index is 13.2. The summed E-state index contributed by atoms with van der Waals surface area (Å²) in [5.41, 5.74) is 1.21. The van der Waals surface area contributed by atoms with Gasteiger partial charge in [-0.3, -0.25) is 4.79 Å². The van der Waals surface area contributed by atoms with Crippen molar-refractivity contribution >= 4 is 43.4 Å². The number of benzene rings is 2. The predicted octanol–water partition coefficient (Wildman–Crippen LogP) is 4.50. The summed E-state index contributed by atoms with van der Waals surface area (Å²) in [6.07, 6.45) is 0.931. The maximum atomic E-state index is 13.2. The molecule has 176 valence electrons. The van der Waals surface area contributed by atoms with E-state index >= 15 is 0 Å². The van der Waals surface area contributed by atoms with Crippen molar-refractivity contribution in [2.75, 3.05) is 19.0 Å². The first-order valence-corrected chi connectivity index (χ1v) is 12.8. The van der Waals surface area contributed by atoms with E-state index in [1.165, 1.54) is 23.5 Å². The molecule has 1 fully saturated rings. The van der Waals surface area contributed by atoms with Gasteiger partial charge in [-0.1, -0.05) is 0 Å². The number of rotatable bonds is 6. The maximum Gasteiger partial charge on any atom is 0.244 e. The number of sulfonamides is 1. The molecule has 11 heteroatoms. The molecule has 0 bridgehead atoms. The zero-order valence-electron chi connectivity index (χ0n) is 18.0. The van der Waals surface area contributed by atoms with Gasteiger partial charge < -0.3 is 14.5 Å². The number of halogens is 1. The van der Waals surface area contributed by atoms with E-state index in [4.69, 9.17) is 9.15 Å². The van der Waals surface area contributed by atoms with Crippen LogP contribution < -0.4 is 10.1 Å². The Morgan fingerprint density at radius 2 is 2.03 bits per heavy atom. The number of thiazole rings is 1. The molecule has 0 aliphatic carbocycles. The lowest BCUT2D eigenvalue weighted by atomic mass is 10.2. The Kier molecular flexibility index (Phi) is 5.84. The van der Waals surface area contributed by atoms with E-state index in [1.807, 2.05) is 18.2 Å². The molecule has 3 heterocycles. The number of nitrogens with zero attached hydrogens (tertiary/aromatic N) is 2. The Balaban J connectivity index is 1.33. The second-order valence-corrected chi connectivity index (χ2v) is 10.5. The summed E-state index contributed by atoms with van der Waals surface area (Å²) in [4.78, 5) is 17.4. The smallest absolute Gasteiger partial charge is 0.244 e. The molecular weight excluding hydrogens is 481 g/mol. The number of carbonyl (C=O) groups is 1. The summed E-state index contributed by atoms with van der Waals surface area (Å²) in [7, 11) is -2.36. The van der Waals surface area contributed by atoms with Crippen LogP contribution in [0.1, 0.15) is 12.8 Å². The predicted molar refractivity (Wildman–Crippen MR) is 126 cm³/mol. The molecule has 1 amide bonds. The SMILES string of the molecule is COc1ccc2cc(-c3csc(NC(=O)C4CCCN4S(=O)(=O)c4ccc(F)cc4)n3)oc2c1. The minimum Gasteiger partial charge on any atom is -0.497 e. The van der Waals surface area contributed by atoms with E-state index in [1.54, 1.807) is 18.6 Å². The lowest BCUT2D eigenvalue weighted by Crippen LogP contribution is -2.43. The normalized spacial score (nSPS) is 16.7. The van der Waals surface area contributed by atoms with Gasteiger partial charge in [0.2, 0.25) is 15.9 Å². The number of fused-ring (bicyclic) bond motifs is 1. The molecule has 34 heavy (non-hydrogen) atoms. The Bertz CT molecular complexity index is 1460. The van der Waals surface area contributed by atoms with Crippen LogP contribution in [0, 0.1) is 5.82 Å². The fourth-order valence-corrected chi connectivity index (χ4v) is 6.29. The van der Waals surface area contributed by atoms with Crippen molar-refractivity contribution in [1.82, 2.24) is 9.29 Å². The molecular formula is C23H20FN3O5S2. The summed E-state index contributed by atoms with van der Waals surface area (Å²) in [6, 6.07) is 11.1. The van der Waals surface area contributed by atoms with Crippen molar-refractivity contribution < 1.29 is 26.8 Å². The molecule has 1 aliphatic rings. The number of furan rings is 1. The van der Waals surface area contributed by atoms with Gasteiger partial charge in [-0.15, -0.1) is 11.3 Å². The molecule has 1 aliphatic heterocycles. The van der Waals surface area contributed by atoms with Crippen LogP contribution in [-0.2, 0) is 14.8 Å². The third-order valence-electron chi connectivity index (χ3n) is 5.64. The summed E-state index contributed by atoms with van der Waals surface area (Å²) < 4.78 is 51.5.